The van der Waals surface area contributed by atoms with E-state index in [0.717, 1.165) is 5.56 Å². The van der Waals surface area contributed by atoms with Crippen molar-refractivity contribution in [3.05, 3.63) is 38.3 Å². The quantitative estimate of drug-likeness (QED) is 0.382. The van der Waals surface area contributed by atoms with E-state index in [4.69, 9.17) is 27.9 Å². The number of nitrogens with one attached hydrogen (secondary N) is 1. The molecule has 5 nitrogen and oxygen atoms in total. The molecule has 0 saturated heterocycles. The summed E-state index contributed by atoms with van der Waals surface area (Å²) in [4.78, 5) is 16.3. The summed E-state index contributed by atoms with van der Waals surface area (Å²) in [5.41, 5.74) is 4.22. The van der Waals surface area contributed by atoms with Crippen molar-refractivity contribution >= 4 is 51.7 Å². The Morgan fingerprint density at radius 3 is 2.56 bits per heavy atom. The number of hydrogen-bond donors (Lipinski definition) is 1. The smallest absolute Gasteiger partial charge is 0.204 e. The molecule has 0 saturated carbocycles. The van der Waals surface area contributed by atoms with Crippen LogP contribution in [0.25, 0.3) is 0 Å². The molecule has 0 aliphatic heterocycles. The molecule has 2 aromatic rings. The second-order valence-corrected chi connectivity index (χ2v) is 7.69. The van der Waals surface area contributed by atoms with E-state index in [1.54, 1.807) is 25.3 Å². The van der Waals surface area contributed by atoms with Crippen molar-refractivity contribution in [1.82, 2.24) is 4.98 Å². The van der Waals surface area contributed by atoms with Crippen molar-refractivity contribution in [1.29, 1.82) is 0 Å². The Morgan fingerprint density at radius 2 is 2.04 bits per heavy atom. The van der Waals surface area contributed by atoms with Gasteiger partial charge >= 0.3 is 0 Å². The van der Waals surface area contributed by atoms with Gasteiger partial charge in [0.15, 0.2) is 11.5 Å². The van der Waals surface area contributed by atoms with E-state index in [0.29, 0.717) is 44.0 Å². The van der Waals surface area contributed by atoms with Gasteiger partial charge in [0.05, 0.1) is 33.4 Å². The first-order chi connectivity index (χ1) is 11.8. The van der Waals surface area contributed by atoms with Gasteiger partial charge in [0.25, 0.3) is 0 Å². The highest BCUT2D eigenvalue weighted by Gasteiger charge is 2.11. The number of hydrogen-bond acceptors (Lipinski definition) is 6. The normalized spacial score (nSPS) is 11.3. The topological polar surface area (TPSA) is 63.6 Å². The molecule has 0 unspecified atom stereocenters. The fraction of sp³-hybridized carbons (Fsp3) is 0.353. The number of rotatable bonds is 7. The van der Waals surface area contributed by atoms with Crippen molar-refractivity contribution in [2.45, 2.75) is 27.7 Å². The van der Waals surface area contributed by atoms with Crippen LogP contribution in [0.1, 0.15) is 41.7 Å². The minimum atomic E-state index is -0.0115. The molecule has 0 aliphatic rings. The number of nitrogens with zero attached hydrogens (tertiary/aromatic N) is 2. The maximum absolute atomic E-state index is 11.4. The van der Waals surface area contributed by atoms with Gasteiger partial charge in [-0.05, 0) is 30.5 Å². The number of aryl methyl sites for hydroxylation is 1. The fourth-order valence-electron chi connectivity index (χ4n) is 1.97. The third kappa shape index (κ3) is 5.42. The molecule has 0 spiro atoms. The first-order valence-electron chi connectivity index (χ1n) is 7.67. The van der Waals surface area contributed by atoms with E-state index >= 15 is 0 Å². The van der Waals surface area contributed by atoms with E-state index in [1.165, 1.54) is 18.3 Å². The maximum Gasteiger partial charge on any atom is 0.204 e. The van der Waals surface area contributed by atoms with Crippen molar-refractivity contribution in [3.63, 3.8) is 0 Å². The first-order valence-corrected chi connectivity index (χ1v) is 9.24. The molecule has 1 aromatic carbocycles. The van der Waals surface area contributed by atoms with Gasteiger partial charge in [-0.2, -0.15) is 5.10 Å². The van der Waals surface area contributed by atoms with Gasteiger partial charge in [-0.25, -0.2) is 4.98 Å². The van der Waals surface area contributed by atoms with Gasteiger partial charge in [0, 0.05) is 6.92 Å². The molecule has 0 aliphatic carbocycles. The molecule has 2 rings (SSSR count). The van der Waals surface area contributed by atoms with Crippen LogP contribution in [0.15, 0.2) is 17.2 Å². The van der Waals surface area contributed by atoms with Crippen molar-refractivity contribution < 1.29 is 9.53 Å². The van der Waals surface area contributed by atoms with Crippen LogP contribution in [0.4, 0.5) is 5.13 Å². The molecule has 0 atom stereocenters. The Morgan fingerprint density at radius 1 is 1.40 bits per heavy atom. The van der Waals surface area contributed by atoms with Crippen LogP contribution in [0, 0.1) is 12.8 Å². The Balaban J connectivity index is 2.08. The molecule has 25 heavy (non-hydrogen) atoms. The summed E-state index contributed by atoms with van der Waals surface area (Å²) < 4.78 is 5.63. The summed E-state index contributed by atoms with van der Waals surface area (Å²) >= 11 is 13.7. The summed E-state index contributed by atoms with van der Waals surface area (Å²) in [6.07, 6.45) is 1.58. The lowest BCUT2D eigenvalue weighted by molar-refractivity contribution is 0.102. The number of thiazole rings is 1. The van der Waals surface area contributed by atoms with Crippen molar-refractivity contribution in [2.75, 3.05) is 12.0 Å². The molecular weight excluding hydrogens is 381 g/mol. The Bertz CT molecular complexity index is 780. The molecule has 0 fully saturated rings. The van der Waals surface area contributed by atoms with Gasteiger partial charge < -0.3 is 4.74 Å². The zero-order chi connectivity index (χ0) is 18.6. The Labute approximate surface area is 161 Å². The molecule has 0 radical (unpaired) electrons. The SMILES string of the molecule is CC(=O)c1sc(N/N=C\c2cc(Cl)c(OCC(C)C)c(Cl)c2)nc1C. The highest BCUT2D eigenvalue weighted by atomic mass is 35.5. The molecule has 1 aromatic heterocycles. The predicted molar refractivity (Wildman–Crippen MR) is 105 cm³/mol. The minimum Gasteiger partial charge on any atom is -0.490 e. The van der Waals surface area contributed by atoms with Crippen LogP contribution in [0.5, 0.6) is 5.75 Å². The first kappa shape index (κ1) is 19.7. The molecular formula is C17H19Cl2N3O2S. The third-order valence-corrected chi connectivity index (χ3v) is 4.80. The summed E-state index contributed by atoms with van der Waals surface area (Å²) in [5, 5.41) is 5.52. The third-order valence-electron chi connectivity index (χ3n) is 3.07. The molecule has 1 heterocycles. The number of aromatic nitrogens is 1. The van der Waals surface area contributed by atoms with E-state index in [9.17, 15) is 4.79 Å². The molecule has 0 amide bonds. The predicted octanol–water partition coefficient (Wildman–Crippen LogP) is 5.44. The van der Waals surface area contributed by atoms with Gasteiger partial charge in [-0.3, -0.25) is 10.2 Å². The second-order valence-electron chi connectivity index (χ2n) is 5.88. The molecule has 134 valence electrons. The Kier molecular flexibility index (Phi) is 6.81. The molecule has 1 N–H and O–H groups in total. The molecule has 0 bridgehead atoms. The van der Waals surface area contributed by atoms with Gasteiger partial charge in [-0.15, -0.1) is 0 Å². The standard InChI is InChI=1S/C17H19Cl2N3O2S/c1-9(2)8-24-15-13(18)5-12(6-14(15)19)7-20-22-17-21-10(3)16(25-17)11(4)23/h5-7,9H,8H2,1-4H3,(H,21,22)/b20-7-. The van der Waals surface area contributed by atoms with E-state index in [1.807, 2.05) is 13.8 Å². The van der Waals surface area contributed by atoms with Crippen molar-refractivity contribution in [2.24, 2.45) is 11.0 Å². The van der Waals surface area contributed by atoms with Gasteiger partial charge in [-0.1, -0.05) is 48.4 Å². The maximum atomic E-state index is 11.4. The highest BCUT2D eigenvalue weighted by molar-refractivity contribution is 7.17. The van der Waals surface area contributed by atoms with Crippen molar-refractivity contribution in [3.8, 4) is 5.75 Å². The number of carbonyl (C=O) groups is 1. The largest absolute Gasteiger partial charge is 0.490 e. The summed E-state index contributed by atoms with van der Waals surface area (Å²) in [6.45, 7) is 7.94. The summed E-state index contributed by atoms with van der Waals surface area (Å²) in [6, 6.07) is 3.45. The second kappa shape index (κ2) is 8.65. The Hall–Kier alpha value is -1.63. The van der Waals surface area contributed by atoms with Crippen LogP contribution < -0.4 is 10.2 Å². The number of carbonyl (C=O) groups excluding carboxylic acids is 1. The van der Waals surface area contributed by atoms with Crippen LogP contribution >= 0.6 is 34.5 Å². The lowest BCUT2D eigenvalue weighted by atomic mass is 10.2. The number of anilines is 1. The van der Waals surface area contributed by atoms with Crippen LogP contribution in [0.2, 0.25) is 10.0 Å². The van der Waals surface area contributed by atoms with Gasteiger partial charge in [0.1, 0.15) is 0 Å². The van der Waals surface area contributed by atoms with Crippen LogP contribution in [-0.2, 0) is 0 Å². The van der Waals surface area contributed by atoms with Crippen LogP contribution in [0.3, 0.4) is 0 Å². The summed E-state index contributed by atoms with van der Waals surface area (Å²) in [7, 11) is 0. The number of halogens is 2. The number of ether oxygens (including phenoxy) is 1. The average molecular weight is 400 g/mol. The van der Waals surface area contributed by atoms with E-state index < -0.39 is 0 Å². The average Bonchev–Trinajstić information content (AvgIpc) is 2.87. The number of benzene rings is 1. The monoisotopic (exact) mass is 399 g/mol. The van der Waals surface area contributed by atoms with E-state index in [2.05, 4.69) is 15.5 Å². The fourth-order valence-corrected chi connectivity index (χ4v) is 3.40. The zero-order valence-electron chi connectivity index (χ0n) is 14.4. The number of hydrazone groups is 1. The molecule has 8 heteroatoms. The number of ketones is 1. The lowest BCUT2D eigenvalue weighted by Gasteiger charge is -2.12. The summed E-state index contributed by atoms with van der Waals surface area (Å²) in [5.74, 6) is 0.839. The van der Waals surface area contributed by atoms with Crippen LogP contribution in [-0.4, -0.2) is 23.6 Å². The number of Topliss-reactive ketones (excluding diaryl/α,β-unsaturated/α-hetero) is 1. The lowest BCUT2D eigenvalue weighted by Crippen LogP contribution is -2.05. The highest BCUT2D eigenvalue weighted by Crippen LogP contribution is 2.34. The minimum absolute atomic E-state index is 0.0115. The zero-order valence-corrected chi connectivity index (χ0v) is 16.7. The van der Waals surface area contributed by atoms with E-state index in [-0.39, 0.29) is 5.78 Å². The van der Waals surface area contributed by atoms with Gasteiger partial charge in [0.2, 0.25) is 5.13 Å².